The molecule has 0 atom stereocenters. The molecule has 6 nitrogen and oxygen atoms in total. The highest BCUT2D eigenvalue weighted by Gasteiger charge is 2.43. The van der Waals surface area contributed by atoms with Crippen molar-refractivity contribution in [1.82, 2.24) is 9.80 Å². The molecule has 2 aliphatic rings. The number of carbonyl (C=O) groups excluding carboxylic acids is 2. The zero-order valence-electron chi connectivity index (χ0n) is 16.9. The maximum Gasteiger partial charge on any atom is 0.278 e. The minimum atomic E-state index is -0.186. The Kier molecular flexibility index (Phi) is 5.32. The van der Waals surface area contributed by atoms with Gasteiger partial charge in [-0.15, -0.1) is 11.3 Å². The summed E-state index contributed by atoms with van der Waals surface area (Å²) in [6.45, 7) is 6.62. The van der Waals surface area contributed by atoms with E-state index in [9.17, 15) is 9.59 Å². The molecule has 0 N–H and O–H groups in total. The van der Waals surface area contributed by atoms with E-state index in [2.05, 4.69) is 15.9 Å². The lowest BCUT2D eigenvalue weighted by atomic mass is 10.1. The maximum atomic E-state index is 13.2. The van der Waals surface area contributed by atoms with Crippen molar-refractivity contribution in [3.05, 3.63) is 52.4 Å². The summed E-state index contributed by atoms with van der Waals surface area (Å²) in [5, 5.41) is 1.94. The zero-order chi connectivity index (χ0) is 20.5. The number of thiophene rings is 1. The average Bonchev–Trinajstić information content (AvgIpc) is 3.34. The van der Waals surface area contributed by atoms with Gasteiger partial charge < -0.3 is 14.5 Å². The van der Waals surface area contributed by atoms with Gasteiger partial charge in [0.2, 0.25) is 0 Å². The van der Waals surface area contributed by atoms with Crippen LogP contribution in [-0.4, -0.2) is 60.9 Å². The number of hydrogen-bond acceptors (Lipinski definition) is 6. The van der Waals surface area contributed by atoms with Gasteiger partial charge in [0.05, 0.1) is 18.4 Å². The molecule has 0 aliphatic carbocycles. The van der Waals surface area contributed by atoms with Crippen molar-refractivity contribution in [2.75, 3.05) is 38.2 Å². The number of rotatable bonds is 5. The van der Waals surface area contributed by atoms with Crippen molar-refractivity contribution in [3.8, 4) is 5.75 Å². The number of methoxy groups -OCH3 is 1. The second kappa shape index (κ2) is 7.91. The monoisotopic (exact) mass is 411 g/mol. The number of hydrogen-bond donors (Lipinski definition) is 0. The molecule has 2 aromatic rings. The highest BCUT2D eigenvalue weighted by atomic mass is 32.1. The molecule has 0 spiro atoms. The molecule has 2 aliphatic heterocycles. The molecule has 0 unspecified atom stereocenters. The van der Waals surface area contributed by atoms with Crippen LogP contribution < -0.4 is 9.64 Å². The molecule has 0 radical (unpaired) electrons. The van der Waals surface area contributed by atoms with Crippen molar-refractivity contribution >= 4 is 34.4 Å². The summed E-state index contributed by atoms with van der Waals surface area (Å²) in [6.07, 6.45) is 0. The van der Waals surface area contributed by atoms with Crippen molar-refractivity contribution in [2.24, 2.45) is 0 Å². The van der Waals surface area contributed by atoms with Gasteiger partial charge in [-0.3, -0.25) is 14.5 Å². The summed E-state index contributed by atoms with van der Waals surface area (Å²) in [4.78, 5) is 32.8. The number of amides is 2. The van der Waals surface area contributed by atoms with Crippen LogP contribution in [0.25, 0.3) is 5.57 Å². The van der Waals surface area contributed by atoms with Crippen LogP contribution in [0.4, 0.5) is 5.69 Å². The SMILES string of the molecule is COc1ccccc1N1CCN(C2=C(c3cccs3)C(=O)N(C(C)C)C2=O)CC1. The standard InChI is InChI=1S/C22H25N3O3S/c1-15(2)25-21(26)19(18-9-6-14-29-18)20(22(25)27)24-12-10-23(11-13-24)16-7-4-5-8-17(16)28-3/h4-9,14-15H,10-13H2,1-3H3. The van der Waals surface area contributed by atoms with Crippen LogP contribution in [0, 0.1) is 0 Å². The highest BCUT2D eigenvalue weighted by molar-refractivity contribution is 7.11. The van der Waals surface area contributed by atoms with Crippen molar-refractivity contribution < 1.29 is 14.3 Å². The fraction of sp³-hybridized carbons (Fsp3) is 0.364. The molecule has 4 rings (SSSR count). The zero-order valence-corrected chi connectivity index (χ0v) is 17.7. The molecule has 152 valence electrons. The van der Waals surface area contributed by atoms with Gasteiger partial charge in [-0.1, -0.05) is 18.2 Å². The Morgan fingerprint density at radius 2 is 1.62 bits per heavy atom. The van der Waals surface area contributed by atoms with Gasteiger partial charge in [0.15, 0.2) is 0 Å². The van der Waals surface area contributed by atoms with Crippen LogP contribution in [0.2, 0.25) is 0 Å². The quantitative estimate of drug-likeness (QED) is 0.708. The summed E-state index contributed by atoms with van der Waals surface area (Å²) in [6, 6.07) is 11.6. The predicted molar refractivity (Wildman–Crippen MR) is 115 cm³/mol. The topological polar surface area (TPSA) is 53.1 Å². The maximum absolute atomic E-state index is 13.2. The van der Waals surface area contributed by atoms with Crippen molar-refractivity contribution in [2.45, 2.75) is 19.9 Å². The molecule has 0 bridgehead atoms. The Bertz CT molecular complexity index is 944. The fourth-order valence-corrected chi connectivity index (χ4v) is 4.76. The molecule has 1 aromatic heterocycles. The molecule has 7 heteroatoms. The van der Waals surface area contributed by atoms with Crippen LogP contribution in [0.15, 0.2) is 47.5 Å². The largest absolute Gasteiger partial charge is 0.495 e. The minimum absolute atomic E-state index is 0.169. The Morgan fingerprint density at radius 3 is 2.24 bits per heavy atom. The van der Waals surface area contributed by atoms with E-state index >= 15 is 0 Å². The van der Waals surface area contributed by atoms with Crippen LogP contribution in [0.3, 0.4) is 0 Å². The van der Waals surface area contributed by atoms with Gasteiger partial charge in [0, 0.05) is 37.1 Å². The number of ether oxygens (including phenoxy) is 1. The van der Waals surface area contributed by atoms with Crippen LogP contribution in [-0.2, 0) is 9.59 Å². The molecule has 1 fully saturated rings. The second-order valence-corrected chi connectivity index (χ2v) is 8.37. The van der Waals surface area contributed by atoms with Gasteiger partial charge >= 0.3 is 0 Å². The van der Waals surface area contributed by atoms with E-state index in [0.29, 0.717) is 24.4 Å². The predicted octanol–water partition coefficient (Wildman–Crippen LogP) is 3.07. The van der Waals surface area contributed by atoms with E-state index in [1.807, 2.05) is 49.6 Å². The number of anilines is 1. The Hall–Kier alpha value is -2.80. The van der Waals surface area contributed by atoms with Crippen LogP contribution in [0.1, 0.15) is 18.7 Å². The van der Waals surface area contributed by atoms with Gasteiger partial charge in [-0.25, -0.2) is 0 Å². The molecular weight excluding hydrogens is 386 g/mol. The van der Waals surface area contributed by atoms with E-state index in [4.69, 9.17) is 4.74 Å². The number of benzene rings is 1. The summed E-state index contributed by atoms with van der Waals surface area (Å²) >= 11 is 1.50. The summed E-state index contributed by atoms with van der Waals surface area (Å²) in [5.41, 5.74) is 2.15. The minimum Gasteiger partial charge on any atom is -0.495 e. The summed E-state index contributed by atoms with van der Waals surface area (Å²) in [5.74, 6) is 0.478. The number of nitrogens with zero attached hydrogens (tertiary/aromatic N) is 3. The summed E-state index contributed by atoms with van der Waals surface area (Å²) in [7, 11) is 1.68. The molecule has 29 heavy (non-hydrogen) atoms. The van der Waals surface area contributed by atoms with Gasteiger partial charge in [0.25, 0.3) is 11.8 Å². The van der Waals surface area contributed by atoms with E-state index in [0.717, 1.165) is 29.4 Å². The first-order valence-electron chi connectivity index (χ1n) is 9.82. The third-order valence-electron chi connectivity index (χ3n) is 5.40. The number of imide groups is 1. The lowest BCUT2D eigenvalue weighted by Crippen LogP contribution is -2.48. The molecule has 3 heterocycles. The third-order valence-corrected chi connectivity index (χ3v) is 6.28. The Balaban J connectivity index is 1.62. The van der Waals surface area contributed by atoms with Gasteiger partial charge in [-0.05, 0) is 37.4 Å². The number of carbonyl (C=O) groups is 2. The molecule has 0 saturated carbocycles. The smallest absolute Gasteiger partial charge is 0.278 e. The second-order valence-electron chi connectivity index (χ2n) is 7.42. The van der Waals surface area contributed by atoms with Crippen molar-refractivity contribution in [3.63, 3.8) is 0 Å². The Labute approximate surface area is 175 Å². The lowest BCUT2D eigenvalue weighted by Gasteiger charge is -2.38. The summed E-state index contributed by atoms with van der Waals surface area (Å²) < 4.78 is 5.49. The van der Waals surface area contributed by atoms with E-state index in [1.54, 1.807) is 7.11 Å². The molecule has 1 aromatic carbocycles. The number of para-hydroxylation sites is 2. The average molecular weight is 412 g/mol. The van der Waals surface area contributed by atoms with E-state index in [1.165, 1.54) is 16.2 Å². The highest BCUT2D eigenvalue weighted by Crippen LogP contribution is 2.36. The normalized spacial score (nSPS) is 17.7. The first kappa shape index (κ1) is 19.5. The van der Waals surface area contributed by atoms with Crippen LogP contribution >= 0.6 is 11.3 Å². The van der Waals surface area contributed by atoms with E-state index in [-0.39, 0.29) is 17.9 Å². The molecule has 2 amide bonds. The van der Waals surface area contributed by atoms with E-state index < -0.39 is 0 Å². The van der Waals surface area contributed by atoms with Gasteiger partial charge in [-0.2, -0.15) is 0 Å². The molecule has 1 saturated heterocycles. The lowest BCUT2D eigenvalue weighted by molar-refractivity contribution is -0.139. The Morgan fingerprint density at radius 1 is 0.931 bits per heavy atom. The first-order chi connectivity index (χ1) is 14.0. The molecular formula is C22H25N3O3S. The fourth-order valence-electron chi connectivity index (χ4n) is 4.00. The van der Waals surface area contributed by atoms with Crippen molar-refractivity contribution in [1.29, 1.82) is 0 Å². The van der Waals surface area contributed by atoms with Gasteiger partial charge in [0.1, 0.15) is 11.4 Å². The first-order valence-corrected chi connectivity index (χ1v) is 10.7. The number of piperazine rings is 1. The van der Waals surface area contributed by atoms with Crippen LogP contribution in [0.5, 0.6) is 5.75 Å². The third kappa shape index (κ3) is 3.40.